The molecule has 0 spiro atoms. The first-order valence-electron chi connectivity index (χ1n) is 5.19. The summed E-state index contributed by atoms with van der Waals surface area (Å²) in [7, 11) is 2.12. The number of rotatable bonds is 4. The predicted octanol–water partition coefficient (Wildman–Crippen LogP) is 1.61. The average molecular weight is 276 g/mol. The van der Waals surface area contributed by atoms with E-state index in [1.165, 1.54) is 0 Å². The Kier molecular flexibility index (Phi) is 4.91. The third-order valence-corrected chi connectivity index (χ3v) is 2.45. The Hall–Kier alpha value is -2.05. The van der Waals surface area contributed by atoms with E-state index in [0.29, 0.717) is 12.1 Å². The van der Waals surface area contributed by atoms with Gasteiger partial charge in [0.05, 0.1) is 14.2 Å². The molecule has 0 N–H and O–H groups in total. The van der Waals surface area contributed by atoms with Gasteiger partial charge in [-0.25, -0.2) is 13.2 Å². The Morgan fingerprint density at radius 2 is 1.47 bits per heavy atom. The first-order chi connectivity index (χ1) is 8.90. The van der Waals surface area contributed by atoms with Gasteiger partial charge in [0.15, 0.2) is 23.4 Å². The van der Waals surface area contributed by atoms with Crippen LogP contribution in [0.1, 0.15) is 5.56 Å². The summed E-state index contributed by atoms with van der Waals surface area (Å²) < 4.78 is 47.6. The van der Waals surface area contributed by atoms with Crippen molar-refractivity contribution < 1.29 is 32.2 Å². The lowest BCUT2D eigenvalue weighted by Crippen LogP contribution is -2.28. The number of carbonyl (C=O) groups excluding carboxylic acids is 2. The highest BCUT2D eigenvalue weighted by molar-refractivity contribution is 5.95. The van der Waals surface area contributed by atoms with Crippen LogP contribution in [-0.2, 0) is 25.5 Å². The van der Waals surface area contributed by atoms with Crippen LogP contribution in [0, 0.1) is 23.4 Å². The van der Waals surface area contributed by atoms with Gasteiger partial charge < -0.3 is 9.47 Å². The quantitative estimate of drug-likeness (QED) is 0.476. The summed E-state index contributed by atoms with van der Waals surface area (Å²) in [6, 6.07) is 1.41. The first kappa shape index (κ1) is 15.0. The van der Waals surface area contributed by atoms with E-state index in [0.717, 1.165) is 14.2 Å². The molecule has 0 radical (unpaired) electrons. The maximum atomic E-state index is 13.0. The molecule has 1 aromatic rings. The van der Waals surface area contributed by atoms with Crippen molar-refractivity contribution >= 4 is 11.9 Å². The van der Waals surface area contributed by atoms with Crippen LogP contribution in [0.2, 0.25) is 0 Å². The van der Waals surface area contributed by atoms with Crippen molar-refractivity contribution in [1.29, 1.82) is 0 Å². The van der Waals surface area contributed by atoms with Crippen LogP contribution in [0.5, 0.6) is 0 Å². The van der Waals surface area contributed by atoms with E-state index < -0.39 is 35.3 Å². The zero-order valence-corrected chi connectivity index (χ0v) is 10.2. The van der Waals surface area contributed by atoms with Crippen LogP contribution >= 0.6 is 0 Å². The summed E-state index contributed by atoms with van der Waals surface area (Å²) in [5, 5.41) is 0. The zero-order chi connectivity index (χ0) is 14.6. The number of methoxy groups -OCH3 is 2. The van der Waals surface area contributed by atoms with Crippen molar-refractivity contribution in [2.45, 2.75) is 6.42 Å². The number of esters is 2. The second kappa shape index (κ2) is 6.21. The van der Waals surface area contributed by atoms with E-state index in [-0.39, 0.29) is 12.0 Å². The molecule has 0 aliphatic carbocycles. The van der Waals surface area contributed by atoms with Crippen molar-refractivity contribution in [3.05, 3.63) is 35.1 Å². The highest BCUT2D eigenvalue weighted by Gasteiger charge is 2.29. The number of halogens is 3. The fourth-order valence-corrected chi connectivity index (χ4v) is 1.51. The molecule has 19 heavy (non-hydrogen) atoms. The number of hydrogen-bond acceptors (Lipinski definition) is 4. The van der Waals surface area contributed by atoms with E-state index in [2.05, 4.69) is 9.47 Å². The van der Waals surface area contributed by atoms with Crippen molar-refractivity contribution in [1.82, 2.24) is 0 Å². The summed E-state index contributed by atoms with van der Waals surface area (Å²) in [5.74, 6) is -7.59. The van der Waals surface area contributed by atoms with Crippen molar-refractivity contribution in [2.24, 2.45) is 5.92 Å². The molecule has 1 aromatic carbocycles. The van der Waals surface area contributed by atoms with Gasteiger partial charge in [-0.3, -0.25) is 9.59 Å². The molecule has 0 unspecified atom stereocenters. The minimum absolute atomic E-state index is 0.0581. The van der Waals surface area contributed by atoms with E-state index in [9.17, 15) is 22.8 Å². The van der Waals surface area contributed by atoms with Gasteiger partial charge in [0.25, 0.3) is 0 Å². The van der Waals surface area contributed by atoms with E-state index in [1.807, 2.05) is 0 Å². The second-order valence-electron chi connectivity index (χ2n) is 3.68. The second-order valence-corrected chi connectivity index (χ2v) is 3.68. The molecule has 0 heterocycles. The van der Waals surface area contributed by atoms with Crippen molar-refractivity contribution in [3.8, 4) is 0 Å². The highest BCUT2D eigenvalue weighted by atomic mass is 19.2. The maximum Gasteiger partial charge on any atom is 0.320 e. The monoisotopic (exact) mass is 276 g/mol. The molecule has 7 heteroatoms. The molecule has 104 valence electrons. The van der Waals surface area contributed by atoms with Crippen LogP contribution in [0.4, 0.5) is 13.2 Å². The van der Waals surface area contributed by atoms with Crippen LogP contribution in [0.3, 0.4) is 0 Å². The standard InChI is InChI=1S/C12H11F3O4/c1-18-11(16)7(12(17)19-2)3-6-4-8(13)10(15)9(14)5-6/h4-5,7H,3H2,1-2H3. The molecule has 0 aliphatic heterocycles. The van der Waals surface area contributed by atoms with Crippen LogP contribution in [-0.4, -0.2) is 26.2 Å². The van der Waals surface area contributed by atoms with Gasteiger partial charge in [0, 0.05) is 0 Å². The summed E-state index contributed by atoms with van der Waals surface area (Å²) in [4.78, 5) is 22.7. The fourth-order valence-electron chi connectivity index (χ4n) is 1.51. The molecule has 0 aliphatic rings. The molecule has 0 aromatic heterocycles. The predicted molar refractivity (Wildman–Crippen MR) is 57.5 cm³/mol. The lowest BCUT2D eigenvalue weighted by atomic mass is 9.99. The molecule has 0 bridgehead atoms. The van der Waals surface area contributed by atoms with Gasteiger partial charge >= 0.3 is 11.9 Å². The molecule has 0 saturated carbocycles. The Morgan fingerprint density at radius 3 is 1.84 bits per heavy atom. The van der Waals surface area contributed by atoms with Gasteiger partial charge in [0.2, 0.25) is 0 Å². The third kappa shape index (κ3) is 3.46. The molecule has 0 saturated heterocycles. The first-order valence-corrected chi connectivity index (χ1v) is 5.19. The van der Waals surface area contributed by atoms with Crippen LogP contribution < -0.4 is 0 Å². The van der Waals surface area contributed by atoms with E-state index in [1.54, 1.807) is 0 Å². The maximum absolute atomic E-state index is 13.0. The Labute approximate surface area is 107 Å². The Morgan fingerprint density at radius 1 is 1.05 bits per heavy atom. The highest BCUT2D eigenvalue weighted by Crippen LogP contribution is 2.18. The van der Waals surface area contributed by atoms with Crippen LogP contribution in [0.25, 0.3) is 0 Å². The molecule has 1 rings (SSSR count). The lowest BCUT2D eigenvalue weighted by Gasteiger charge is -2.12. The summed E-state index contributed by atoms with van der Waals surface area (Å²) >= 11 is 0. The summed E-state index contributed by atoms with van der Waals surface area (Å²) in [6.45, 7) is 0. The van der Waals surface area contributed by atoms with Crippen LogP contribution in [0.15, 0.2) is 12.1 Å². The minimum Gasteiger partial charge on any atom is -0.468 e. The summed E-state index contributed by atoms with van der Waals surface area (Å²) in [6.07, 6.45) is -0.354. The van der Waals surface area contributed by atoms with Crippen molar-refractivity contribution in [2.75, 3.05) is 14.2 Å². The molecular weight excluding hydrogens is 265 g/mol. The van der Waals surface area contributed by atoms with Gasteiger partial charge in [-0.2, -0.15) is 0 Å². The number of hydrogen-bond donors (Lipinski definition) is 0. The smallest absolute Gasteiger partial charge is 0.320 e. The zero-order valence-electron chi connectivity index (χ0n) is 10.2. The fraction of sp³-hybridized carbons (Fsp3) is 0.333. The van der Waals surface area contributed by atoms with Crippen molar-refractivity contribution in [3.63, 3.8) is 0 Å². The third-order valence-electron chi connectivity index (χ3n) is 2.45. The Bertz CT molecular complexity index is 463. The van der Waals surface area contributed by atoms with E-state index >= 15 is 0 Å². The number of carbonyl (C=O) groups is 2. The molecule has 4 nitrogen and oxygen atoms in total. The molecular formula is C12H11F3O4. The Balaban J connectivity index is 3.03. The largest absolute Gasteiger partial charge is 0.468 e. The van der Waals surface area contributed by atoms with Gasteiger partial charge in [-0.05, 0) is 24.1 Å². The lowest BCUT2D eigenvalue weighted by molar-refractivity contribution is -0.158. The minimum atomic E-state index is -1.61. The molecule has 0 amide bonds. The van der Waals surface area contributed by atoms with Gasteiger partial charge in [-0.15, -0.1) is 0 Å². The SMILES string of the molecule is COC(=O)C(Cc1cc(F)c(F)c(F)c1)C(=O)OC. The molecule has 0 fully saturated rings. The number of ether oxygens (including phenoxy) is 2. The van der Waals surface area contributed by atoms with Gasteiger partial charge in [0.1, 0.15) is 0 Å². The summed E-state index contributed by atoms with van der Waals surface area (Å²) in [5.41, 5.74) is -0.0581. The average Bonchev–Trinajstić information content (AvgIpc) is 2.40. The van der Waals surface area contributed by atoms with Gasteiger partial charge in [-0.1, -0.05) is 0 Å². The van der Waals surface area contributed by atoms with E-state index in [4.69, 9.17) is 0 Å². The normalized spacial score (nSPS) is 10.4. The number of benzene rings is 1. The molecule has 0 atom stereocenters. The topological polar surface area (TPSA) is 52.6 Å².